The monoisotopic (exact) mass is 331 g/mol. The minimum absolute atomic E-state index is 0.251. The molecule has 0 bridgehead atoms. The summed E-state index contributed by atoms with van der Waals surface area (Å²) in [4.78, 5) is 0. The summed E-state index contributed by atoms with van der Waals surface area (Å²) in [5.41, 5.74) is 6.55. The van der Waals surface area contributed by atoms with Crippen molar-refractivity contribution in [3.63, 3.8) is 0 Å². The third kappa shape index (κ3) is 4.40. The van der Waals surface area contributed by atoms with Gasteiger partial charge in [-0.05, 0) is 49.9 Å². The molecule has 0 spiro atoms. The second-order valence-electron chi connectivity index (χ2n) is 5.50. The molecule has 0 aliphatic carbocycles. The van der Waals surface area contributed by atoms with Crippen LogP contribution in [0.4, 0.5) is 0 Å². The molecule has 21 heavy (non-hydrogen) atoms. The zero-order valence-electron chi connectivity index (χ0n) is 12.1. The Labute approximate surface area is 131 Å². The minimum Gasteiger partial charge on any atom is -0.330 e. The van der Waals surface area contributed by atoms with E-state index in [0.717, 1.165) is 18.4 Å². The van der Waals surface area contributed by atoms with Gasteiger partial charge in [-0.25, -0.2) is 0 Å². The molecular weight excluding hydrogens is 310 g/mol. The third-order valence-electron chi connectivity index (χ3n) is 3.85. The van der Waals surface area contributed by atoms with Crippen LogP contribution in [0.2, 0.25) is 5.02 Å². The van der Waals surface area contributed by atoms with E-state index in [4.69, 9.17) is 17.3 Å². The SMILES string of the molecule is CC(NS(=O)(=O)N1CCCC(CN)C1)c1ccc(Cl)cc1. The predicted octanol–water partition coefficient (Wildman–Crippen LogP) is 1.91. The molecule has 2 atom stereocenters. The first-order valence-electron chi connectivity index (χ1n) is 7.15. The fourth-order valence-electron chi connectivity index (χ4n) is 2.55. The van der Waals surface area contributed by atoms with E-state index in [-0.39, 0.29) is 12.0 Å². The van der Waals surface area contributed by atoms with Crippen LogP contribution in [0.1, 0.15) is 31.4 Å². The largest absolute Gasteiger partial charge is 0.330 e. The first-order valence-corrected chi connectivity index (χ1v) is 8.97. The summed E-state index contributed by atoms with van der Waals surface area (Å²) in [5, 5.41) is 0.635. The van der Waals surface area contributed by atoms with Gasteiger partial charge in [0.1, 0.15) is 0 Å². The number of benzene rings is 1. The molecule has 0 saturated carbocycles. The van der Waals surface area contributed by atoms with Crippen LogP contribution in [0.15, 0.2) is 24.3 Å². The van der Waals surface area contributed by atoms with E-state index in [2.05, 4.69) is 4.72 Å². The van der Waals surface area contributed by atoms with Crippen molar-refractivity contribution >= 4 is 21.8 Å². The molecule has 1 aromatic carbocycles. The molecule has 3 N–H and O–H groups in total. The lowest BCUT2D eigenvalue weighted by Gasteiger charge is -2.32. The molecule has 0 radical (unpaired) electrons. The van der Waals surface area contributed by atoms with Crippen LogP contribution in [-0.4, -0.2) is 32.4 Å². The van der Waals surface area contributed by atoms with E-state index in [1.165, 1.54) is 4.31 Å². The van der Waals surface area contributed by atoms with Gasteiger partial charge in [0.15, 0.2) is 0 Å². The fourth-order valence-corrected chi connectivity index (χ4v) is 4.19. The summed E-state index contributed by atoms with van der Waals surface area (Å²) in [6.07, 6.45) is 1.85. The van der Waals surface area contributed by atoms with Gasteiger partial charge in [0, 0.05) is 24.2 Å². The molecule has 1 fully saturated rings. The molecule has 1 aliphatic heterocycles. The zero-order valence-corrected chi connectivity index (χ0v) is 13.7. The highest BCUT2D eigenvalue weighted by molar-refractivity contribution is 7.87. The highest BCUT2D eigenvalue weighted by Crippen LogP contribution is 2.21. The molecule has 118 valence electrons. The first kappa shape index (κ1) is 16.7. The van der Waals surface area contributed by atoms with Crippen molar-refractivity contribution in [1.29, 1.82) is 0 Å². The van der Waals surface area contributed by atoms with Crippen molar-refractivity contribution in [3.8, 4) is 0 Å². The Balaban J connectivity index is 2.04. The second-order valence-corrected chi connectivity index (χ2v) is 7.64. The van der Waals surface area contributed by atoms with Crippen molar-refractivity contribution < 1.29 is 8.42 Å². The number of nitrogens with zero attached hydrogens (tertiary/aromatic N) is 1. The molecule has 1 heterocycles. The number of hydrogen-bond donors (Lipinski definition) is 2. The quantitative estimate of drug-likeness (QED) is 0.865. The smallest absolute Gasteiger partial charge is 0.280 e. The Morgan fingerprint density at radius 3 is 2.71 bits per heavy atom. The molecule has 5 nitrogen and oxygen atoms in total. The maximum Gasteiger partial charge on any atom is 0.280 e. The van der Waals surface area contributed by atoms with Gasteiger partial charge in [0.25, 0.3) is 10.2 Å². The van der Waals surface area contributed by atoms with E-state index >= 15 is 0 Å². The Morgan fingerprint density at radius 2 is 2.10 bits per heavy atom. The summed E-state index contributed by atoms with van der Waals surface area (Å²) >= 11 is 5.84. The van der Waals surface area contributed by atoms with Gasteiger partial charge >= 0.3 is 0 Å². The summed E-state index contributed by atoms with van der Waals surface area (Å²) in [6, 6.07) is 6.87. The maximum absolute atomic E-state index is 12.4. The average Bonchev–Trinajstić information content (AvgIpc) is 2.47. The normalized spacial score (nSPS) is 22.1. The van der Waals surface area contributed by atoms with Gasteiger partial charge < -0.3 is 5.73 Å². The van der Waals surface area contributed by atoms with Gasteiger partial charge in [-0.1, -0.05) is 23.7 Å². The number of halogens is 1. The van der Waals surface area contributed by atoms with Crippen LogP contribution in [0, 0.1) is 5.92 Å². The lowest BCUT2D eigenvalue weighted by molar-refractivity contribution is 0.267. The highest BCUT2D eigenvalue weighted by atomic mass is 35.5. The summed E-state index contributed by atoms with van der Waals surface area (Å²) in [6.45, 7) is 3.41. The van der Waals surface area contributed by atoms with Gasteiger partial charge in [-0.3, -0.25) is 0 Å². The van der Waals surface area contributed by atoms with Gasteiger partial charge in [0.2, 0.25) is 0 Å². The van der Waals surface area contributed by atoms with Crippen LogP contribution in [-0.2, 0) is 10.2 Å². The van der Waals surface area contributed by atoms with Crippen molar-refractivity contribution in [1.82, 2.24) is 9.03 Å². The summed E-state index contributed by atoms with van der Waals surface area (Å²) in [5.74, 6) is 0.251. The predicted molar refractivity (Wildman–Crippen MR) is 85.3 cm³/mol. The fraction of sp³-hybridized carbons (Fsp3) is 0.571. The highest BCUT2D eigenvalue weighted by Gasteiger charge is 2.29. The molecule has 1 saturated heterocycles. The van der Waals surface area contributed by atoms with E-state index in [0.29, 0.717) is 24.7 Å². The van der Waals surface area contributed by atoms with Crippen LogP contribution in [0.25, 0.3) is 0 Å². The van der Waals surface area contributed by atoms with Gasteiger partial charge in [0.05, 0.1) is 0 Å². The maximum atomic E-state index is 12.4. The number of piperidine rings is 1. The Morgan fingerprint density at radius 1 is 1.43 bits per heavy atom. The van der Waals surface area contributed by atoms with Gasteiger partial charge in [-0.15, -0.1) is 0 Å². The Bertz CT molecular complexity index is 562. The van der Waals surface area contributed by atoms with Crippen molar-refractivity contribution in [2.75, 3.05) is 19.6 Å². The van der Waals surface area contributed by atoms with Crippen molar-refractivity contribution in [2.24, 2.45) is 11.7 Å². The molecule has 7 heteroatoms. The van der Waals surface area contributed by atoms with E-state index in [9.17, 15) is 8.42 Å². The summed E-state index contributed by atoms with van der Waals surface area (Å²) < 4.78 is 29.1. The Hall–Kier alpha value is -0.660. The average molecular weight is 332 g/mol. The third-order valence-corrected chi connectivity index (χ3v) is 5.77. The first-order chi connectivity index (χ1) is 9.92. The van der Waals surface area contributed by atoms with E-state index in [1.54, 1.807) is 12.1 Å². The lowest BCUT2D eigenvalue weighted by Crippen LogP contribution is -2.47. The van der Waals surface area contributed by atoms with Crippen LogP contribution < -0.4 is 10.5 Å². The van der Waals surface area contributed by atoms with Gasteiger partial charge in [-0.2, -0.15) is 17.4 Å². The minimum atomic E-state index is -3.49. The lowest BCUT2D eigenvalue weighted by atomic mass is 10.0. The topological polar surface area (TPSA) is 75.4 Å². The molecule has 0 amide bonds. The molecule has 0 aromatic heterocycles. The Kier molecular flexibility index (Phi) is 5.62. The van der Waals surface area contributed by atoms with Crippen LogP contribution >= 0.6 is 11.6 Å². The molecule has 2 unspecified atom stereocenters. The second kappa shape index (κ2) is 7.07. The van der Waals surface area contributed by atoms with Crippen LogP contribution in [0.3, 0.4) is 0 Å². The number of nitrogens with two attached hydrogens (primary N) is 1. The molecular formula is C14H22ClN3O2S. The van der Waals surface area contributed by atoms with Crippen LogP contribution in [0.5, 0.6) is 0 Å². The summed E-state index contributed by atoms with van der Waals surface area (Å²) in [7, 11) is -3.49. The molecule has 1 aliphatic rings. The number of nitrogens with one attached hydrogen (secondary N) is 1. The van der Waals surface area contributed by atoms with E-state index < -0.39 is 10.2 Å². The van der Waals surface area contributed by atoms with Crippen molar-refractivity contribution in [2.45, 2.75) is 25.8 Å². The zero-order chi connectivity index (χ0) is 15.5. The van der Waals surface area contributed by atoms with Crippen molar-refractivity contribution in [3.05, 3.63) is 34.9 Å². The number of hydrogen-bond acceptors (Lipinski definition) is 3. The van der Waals surface area contributed by atoms with E-state index in [1.807, 2.05) is 19.1 Å². The molecule has 2 rings (SSSR count). The number of rotatable bonds is 5. The molecule has 1 aromatic rings. The standard InChI is InChI=1S/C14H22ClN3O2S/c1-11(13-4-6-14(15)7-5-13)17-21(19,20)18-8-2-3-12(9-16)10-18/h4-7,11-12,17H,2-3,8-10,16H2,1H3.